The minimum absolute atomic E-state index is 0.00322. The van der Waals surface area contributed by atoms with Crippen LogP contribution in [-0.4, -0.2) is 22.2 Å². The van der Waals surface area contributed by atoms with Gasteiger partial charge >= 0.3 is 0 Å². The lowest BCUT2D eigenvalue weighted by atomic mass is 10.5. The van der Waals surface area contributed by atoms with Crippen LogP contribution in [0.4, 0.5) is 5.82 Å². The second-order valence-corrected chi connectivity index (χ2v) is 3.35. The number of aromatic nitrogens is 2. The summed E-state index contributed by atoms with van der Waals surface area (Å²) in [5.41, 5.74) is 5.45. The van der Waals surface area contributed by atoms with E-state index in [4.69, 9.17) is 11.0 Å². The Balaban J connectivity index is 2.53. The first-order valence-corrected chi connectivity index (χ1v) is 4.55. The molecule has 0 atom stereocenters. The van der Waals surface area contributed by atoms with E-state index in [-0.39, 0.29) is 19.0 Å². The zero-order valence-electron chi connectivity index (χ0n) is 7.20. The minimum atomic E-state index is -0.276. The molecule has 0 aliphatic rings. The fourth-order valence-corrected chi connectivity index (χ4v) is 1.15. The number of rotatable bonds is 3. The third-order valence-corrected chi connectivity index (χ3v) is 2.02. The van der Waals surface area contributed by atoms with E-state index in [9.17, 15) is 4.79 Å². The maximum atomic E-state index is 11.1. The number of carbonyl (C=O) groups excluding carboxylic acids is 1. The summed E-state index contributed by atoms with van der Waals surface area (Å²) >= 11 is 3.17. The highest BCUT2D eigenvalue weighted by atomic mass is 79.9. The molecule has 74 valence electrons. The Morgan fingerprint density at radius 2 is 2.57 bits per heavy atom. The molecular weight excluding hydrogens is 250 g/mol. The number of amides is 1. The van der Waals surface area contributed by atoms with Crippen LogP contribution in [-0.2, 0) is 11.3 Å². The summed E-state index contributed by atoms with van der Waals surface area (Å²) in [6.45, 7) is 0.0498. The number of nitriles is 1. The number of hydrogen-bond donors (Lipinski definition) is 2. The van der Waals surface area contributed by atoms with Gasteiger partial charge < -0.3 is 11.1 Å². The molecule has 0 saturated carbocycles. The van der Waals surface area contributed by atoms with Gasteiger partial charge in [0, 0.05) is 6.20 Å². The topological polar surface area (TPSA) is 96.7 Å². The average molecular weight is 258 g/mol. The monoisotopic (exact) mass is 257 g/mol. The molecule has 14 heavy (non-hydrogen) atoms. The minimum Gasteiger partial charge on any atom is -0.381 e. The molecule has 0 fully saturated rings. The number of nitrogens with zero attached hydrogens (tertiary/aromatic N) is 3. The van der Waals surface area contributed by atoms with Crippen molar-refractivity contribution in [2.45, 2.75) is 6.54 Å². The molecule has 0 aliphatic heterocycles. The first-order chi connectivity index (χ1) is 6.63. The van der Waals surface area contributed by atoms with Crippen LogP contribution in [0.2, 0.25) is 0 Å². The highest BCUT2D eigenvalue weighted by molar-refractivity contribution is 9.10. The molecule has 1 aromatic heterocycles. The molecule has 0 saturated heterocycles. The molecule has 0 spiro atoms. The smallest absolute Gasteiger partial charge is 0.242 e. The van der Waals surface area contributed by atoms with Gasteiger partial charge in [-0.25, -0.2) is 0 Å². The van der Waals surface area contributed by atoms with Crippen molar-refractivity contribution in [1.82, 2.24) is 15.1 Å². The predicted octanol–water partition coefficient (Wildman–Crippen LogP) is -0.132. The molecule has 0 radical (unpaired) electrons. The van der Waals surface area contributed by atoms with Gasteiger partial charge in [-0.15, -0.1) is 0 Å². The van der Waals surface area contributed by atoms with Crippen LogP contribution in [0.3, 0.4) is 0 Å². The number of hydrogen-bond acceptors (Lipinski definition) is 4. The largest absolute Gasteiger partial charge is 0.381 e. The Kier molecular flexibility index (Phi) is 3.48. The third kappa shape index (κ3) is 2.74. The maximum Gasteiger partial charge on any atom is 0.242 e. The van der Waals surface area contributed by atoms with Crippen molar-refractivity contribution >= 4 is 27.7 Å². The Labute approximate surface area is 88.8 Å². The lowest BCUT2D eigenvalue weighted by molar-refractivity contribution is -0.121. The van der Waals surface area contributed by atoms with E-state index >= 15 is 0 Å². The summed E-state index contributed by atoms with van der Waals surface area (Å²) in [4.78, 5) is 11.1. The quantitative estimate of drug-likeness (QED) is 0.738. The van der Waals surface area contributed by atoms with E-state index < -0.39 is 0 Å². The van der Waals surface area contributed by atoms with Gasteiger partial charge in [0.1, 0.15) is 13.1 Å². The van der Waals surface area contributed by atoms with E-state index in [1.54, 1.807) is 12.3 Å². The SMILES string of the molecule is N#CCNC(=O)Cn1cc(Br)c(N)n1. The van der Waals surface area contributed by atoms with Crippen molar-refractivity contribution in [1.29, 1.82) is 5.26 Å². The average Bonchev–Trinajstić information content (AvgIpc) is 2.42. The zero-order chi connectivity index (χ0) is 10.6. The summed E-state index contributed by atoms with van der Waals surface area (Å²) in [5.74, 6) is 0.0552. The molecule has 1 rings (SSSR count). The molecule has 1 amide bonds. The first-order valence-electron chi connectivity index (χ1n) is 3.75. The second kappa shape index (κ2) is 4.62. The number of nitrogens with two attached hydrogens (primary N) is 1. The number of nitrogen functional groups attached to an aromatic ring is 1. The zero-order valence-corrected chi connectivity index (χ0v) is 8.78. The summed E-state index contributed by atoms with van der Waals surface area (Å²) in [6, 6.07) is 1.81. The van der Waals surface area contributed by atoms with Crippen LogP contribution in [0.15, 0.2) is 10.7 Å². The van der Waals surface area contributed by atoms with Crippen molar-refractivity contribution in [3.63, 3.8) is 0 Å². The molecule has 0 bridgehead atoms. The van der Waals surface area contributed by atoms with E-state index in [0.29, 0.717) is 10.3 Å². The van der Waals surface area contributed by atoms with Gasteiger partial charge in [0.15, 0.2) is 5.82 Å². The van der Waals surface area contributed by atoms with E-state index in [1.807, 2.05) is 0 Å². The Morgan fingerprint density at radius 1 is 1.86 bits per heavy atom. The lowest BCUT2D eigenvalue weighted by Crippen LogP contribution is -2.27. The van der Waals surface area contributed by atoms with Crippen LogP contribution in [0.25, 0.3) is 0 Å². The molecular formula is C7H8BrN5O. The maximum absolute atomic E-state index is 11.1. The van der Waals surface area contributed by atoms with E-state index in [0.717, 1.165) is 0 Å². The molecule has 0 unspecified atom stereocenters. The Hall–Kier alpha value is -1.55. The Bertz CT molecular complexity index is 360. The highest BCUT2D eigenvalue weighted by Gasteiger charge is 2.05. The first kappa shape index (κ1) is 10.5. The van der Waals surface area contributed by atoms with Gasteiger partial charge in [-0.1, -0.05) is 0 Å². The summed E-state index contributed by atoms with van der Waals surface area (Å²) in [5, 5.41) is 14.5. The highest BCUT2D eigenvalue weighted by Crippen LogP contribution is 2.15. The molecule has 1 aromatic rings. The molecule has 7 heteroatoms. The van der Waals surface area contributed by atoms with Crippen molar-refractivity contribution < 1.29 is 4.79 Å². The van der Waals surface area contributed by atoms with Gasteiger partial charge in [0.25, 0.3) is 0 Å². The normalized spacial score (nSPS) is 9.43. The third-order valence-electron chi connectivity index (χ3n) is 1.41. The summed E-state index contributed by atoms with van der Waals surface area (Å²) < 4.78 is 2.04. The van der Waals surface area contributed by atoms with Crippen molar-refractivity contribution in [2.75, 3.05) is 12.3 Å². The van der Waals surface area contributed by atoms with Gasteiger partial charge in [-0.3, -0.25) is 9.48 Å². The Morgan fingerprint density at radius 3 is 3.07 bits per heavy atom. The van der Waals surface area contributed by atoms with Gasteiger partial charge in [0.05, 0.1) is 10.5 Å². The summed E-state index contributed by atoms with van der Waals surface area (Å²) in [7, 11) is 0. The van der Waals surface area contributed by atoms with Gasteiger partial charge in [0.2, 0.25) is 5.91 Å². The van der Waals surface area contributed by atoms with E-state index in [1.165, 1.54) is 4.68 Å². The number of carbonyl (C=O) groups is 1. The van der Waals surface area contributed by atoms with Gasteiger partial charge in [-0.2, -0.15) is 10.4 Å². The number of nitrogens with one attached hydrogen (secondary N) is 1. The summed E-state index contributed by atoms with van der Waals surface area (Å²) in [6.07, 6.45) is 1.60. The molecule has 6 nitrogen and oxygen atoms in total. The van der Waals surface area contributed by atoms with Crippen LogP contribution >= 0.6 is 15.9 Å². The van der Waals surface area contributed by atoms with Crippen molar-refractivity contribution in [3.05, 3.63) is 10.7 Å². The fourth-order valence-electron chi connectivity index (χ4n) is 0.834. The fraction of sp³-hybridized carbons (Fsp3) is 0.286. The van der Waals surface area contributed by atoms with Crippen molar-refractivity contribution in [3.8, 4) is 6.07 Å². The molecule has 0 aromatic carbocycles. The van der Waals surface area contributed by atoms with Crippen molar-refractivity contribution in [2.24, 2.45) is 0 Å². The lowest BCUT2D eigenvalue weighted by Gasteiger charge is -1.99. The standard InChI is InChI=1S/C7H8BrN5O/c8-5-3-13(12-7(5)10)4-6(14)11-2-1-9/h3H,2,4H2,(H2,10,12)(H,11,14). The predicted molar refractivity (Wildman–Crippen MR) is 53.0 cm³/mol. The van der Waals surface area contributed by atoms with Crippen LogP contribution in [0.5, 0.6) is 0 Å². The van der Waals surface area contributed by atoms with Crippen LogP contribution in [0.1, 0.15) is 0 Å². The van der Waals surface area contributed by atoms with Gasteiger partial charge in [-0.05, 0) is 15.9 Å². The molecule has 1 heterocycles. The molecule has 0 aliphatic carbocycles. The number of halogens is 1. The van der Waals surface area contributed by atoms with Crippen LogP contribution in [0, 0.1) is 11.3 Å². The number of anilines is 1. The second-order valence-electron chi connectivity index (χ2n) is 2.49. The van der Waals surface area contributed by atoms with Crippen LogP contribution < -0.4 is 11.1 Å². The van der Waals surface area contributed by atoms with E-state index in [2.05, 4.69) is 26.3 Å². The molecule has 3 N–H and O–H groups in total.